The molecule has 1 N–H and O–H groups in total. The molecule has 0 aliphatic heterocycles. The van der Waals surface area contributed by atoms with Gasteiger partial charge in [-0.15, -0.1) is 11.8 Å². The Morgan fingerprint density at radius 1 is 1.43 bits per heavy atom. The second kappa shape index (κ2) is 3.55. The van der Waals surface area contributed by atoms with Crippen LogP contribution in [0.1, 0.15) is 24.8 Å². The van der Waals surface area contributed by atoms with Crippen molar-refractivity contribution in [1.29, 1.82) is 0 Å². The third-order valence-electron chi connectivity index (χ3n) is 2.85. The molecule has 0 saturated heterocycles. The molecule has 0 radical (unpaired) electrons. The standard InChI is InChI=1S/C11H13FOS/c1-14-10-8(4-2-5-9(10)12)11(13)6-3-7-11/h2,4-5,13H,3,6-7H2,1H3. The predicted molar refractivity (Wildman–Crippen MR) is 55.9 cm³/mol. The van der Waals surface area contributed by atoms with Crippen LogP contribution in [0.5, 0.6) is 0 Å². The van der Waals surface area contributed by atoms with E-state index in [1.54, 1.807) is 6.07 Å². The van der Waals surface area contributed by atoms with E-state index in [9.17, 15) is 9.50 Å². The van der Waals surface area contributed by atoms with E-state index in [4.69, 9.17) is 0 Å². The van der Waals surface area contributed by atoms with Crippen molar-refractivity contribution in [2.75, 3.05) is 6.26 Å². The molecule has 0 atom stereocenters. The normalized spacial score (nSPS) is 19.1. The van der Waals surface area contributed by atoms with Gasteiger partial charge in [-0.25, -0.2) is 4.39 Å². The lowest BCUT2D eigenvalue weighted by Gasteiger charge is -2.38. The average Bonchev–Trinajstić information content (AvgIpc) is 2.14. The maximum absolute atomic E-state index is 13.4. The molecule has 1 saturated carbocycles. The summed E-state index contributed by atoms with van der Waals surface area (Å²) < 4.78 is 13.4. The number of hydrogen-bond acceptors (Lipinski definition) is 2. The topological polar surface area (TPSA) is 20.2 Å². The van der Waals surface area contributed by atoms with Gasteiger partial charge in [0.25, 0.3) is 0 Å². The van der Waals surface area contributed by atoms with Crippen molar-refractivity contribution in [2.24, 2.45) is 0 Å². The zero-order valence-corrected chi connectivity index (χ0v) is 8.90. The van der Waals surface area contributed by atoms with E-state index in [1.807, 2.05) is 12.3 Å². The lowest BCUT2D eigenvalue weighted by molar-refractivity contribution is -0.0415. The molecule has 0 unspecified atom stereocenters. The van der Waals surface area contributed by atoms with Gasteiger partial charge in [-0.1, -0.05) is 12.1 Å². The first-order valence-electron chi connectivity index (χ1n) is 4.73. The van der Waals surface area contributed by atoms with E-state index < -0.39 is 5.60 Å². The van der Waals surface area contributed by atoms with Crippen molar-refractivity contribution in [3.63, 3.8) is 0 Å². The molecule has 1 aliphatic rings. The van der Waals surface area contributed by atoms with Crippen molar-refractivity contribution >= 4 is 11.8 Å². The molecule has 0 amide bonds. The molecule has 1 aliphatic carbocycles. The van der Waals surface area contributed by atoms with E-state index in [0.29, 0.717) is 4.90 Å². The van der Waals surface area contributed by atoms with E-state index in [-0.39, 0.29) is 5.82 Å². The van der Waals surface area contributed by atoms with Crippen LogP contribution >= 0.6 is 11.8 Å². The maximum Gasteiger partial charge on any atom is 0.137 e. The molecule has 14 heavy (non-hydrogen) atoms. The van der Waals surface area contributed by atoms with E-state index in [2.05, 4.69) is 0 Å². The van der Waals surface area contributed by atoms with Gasteiger partial charge in [-0.05, 0) is 31.6 Å². The lowest BCUT2D eigenvalue weighted by Crippen LogP contribution is -2.34. The Hall–Kier alpha value is -0.540. The molecule has 0 spiro atoms. The first-order valence-corrected chi connectivity index (χ1v) is 5.95. The van der Waals surface area contributed by atoms with Gasteiger partial charge < -0.3 is 5.11 Å². The second-order valence-corrected chi connectivity index (χ2v) is 4.52. The smallest absolute Gasteiger partial charge is 0.137 e. The highest BCUT2D eigenvalue weighted by Crippen LogP contribution is 2.44. The fourth-order valence-electron chi connectivity index (χ4n) is 1.86. The first-order chi connectivity index (χ1) is 6.67. The molecule has 0 bridgehead atoms. The zero-order valence-electron chi connectivity index (χ0n) is 8.09. The highest BCUT2D eigenvalue weighted by molar-refractivity contribution is 7.98. The van der Waals surface area contributed by atoms with Crippen molar-refractivity contribution < 1.29 is 9.50 Å². The minimum Gasteiger partial charge on any atom is -0.385 e. The van der Waals surface area contributed by atoms with Gasteiger partial charge in [-0.2, -0.15) is 0 Å². The van der Waals surface area contributed by atoms with Crippen molar-refractivity contribution in [3.05, 3.63) is 29.6 Å². The van der Waals surface area contributed by atoms with Gasteiger partial charge in [0.2, 0.25) is 0 Å². The fraction of sp³-hybridized carbons (Fsp3) is 0.455. The van der Waals surface area contributed by atoms with Gasteiger partial charge in [0.15, 0.2) is 0 Å². The molecule has 0 aromatic heterocycles. The summed E-state index contributed by atoms with van der Waals surface area (Å²) in [5, 5.41) is 10.1. The van der Waals surface area contributed by atoms with Gasteiger partial charge in [0.1, 0.15) is 5.82 Å². The van der Waals surface area contributed by atoms with Crippen molar-refractivity contribution in [1.82, 2.24) is 0 Å². The molecule has 1 aromatic carbocycles. The third-order valence-corrected chi connectivity index (χ3v) is 3.68. The summed E-state index contributed by atoms with van der Waals surface area (Å²) in [5.74, 6) is -0.227. The van der Waals surface area contributed by atoms with Crippen LogP contribution in [0.2, 0.25) is 0 Å². The van der Waals surface area contributed by atoms with Crippen LogP contribution < -0.4 is 0 Å². The number of thioether (sulfide) groups is 1. The predicted octanol–water partition coefficient (Wildman–Crippen LogP) is 2.92. The quantitative estimate of drug-likeness (QED) is 0.761. The minimum atomic E-state index is -0.763. The Morgan fingerprint density at radius 2 is 2.14 bits per heavy atom. The summed E-state index contributed by atoms with van der Waals surface area (Å²) in [7, 11) is 0. The van der Waals surface area contributed by atoms with Crippen LogP contribution in [0.3, 0.4) is 0 Å². The van der Waals surface area contributed by atoms with E-state index in [1.165, 1.54) is 17.8 Å². The molecule has 1 fully saturated rings. The van der Waals surface area contributed by atoms with Crippen molar-refractivity contribution in [2.45, 2.75) is 29.8 Å². The van der Waals surface area contributed by atoms with E-state index >= 15 is 0 Å². The van der Waals surface area contributed by atoms with Crippen LogP contribution in [0.15, 0.2) is 23.1 Å². The SMILES string of the molecule is CSc1c(F)cccc1C1(O)CCC1. The minimum absolute atomic E-state index is 0.227. The van der Waals surface area contributed by atoms with Gasteiger partial charge in [0.05, 0.1) is 5.60 Å². The largest absolute Gasteiger partial charge is 0.385 e. The summed E-state index contributed by atoms with van der Waals surface area (Å²) in [6, 6.07) is 4.94. The zero-order chi connectivity index (χ0) is 10.2. The molecule has 76 valence electrons. The highest BCUT2D eigenvalue weighted by Gasteiger charge is 2.38. The van der Waals surface area contributed by atoms with Crippen LogP contribution in [-0.4, -0.2) is 11.4 Å². The Kier molecular flexibility index (Phi) is 2.54. The van der Waals surface area contributed by atoms with Crippen LogP contribution in [-0.2, 0) is 5.60 Å². The summed E-state index contributed by atoms with van der Waals surface area (Å²) in [6.45, 7) is 0. The number of benzene rings is 1. The Morgan fingerprint density at radius 3 is 2.64 bits per heavy atom. The van der Waals surface area contributed by atoms with Gasteiger partial charge in [0, 0.05) is 10.5 Å². The summed E-state index contributed by atoms with van der Waals surface area (Å²) in [6.07, 6.45) is 4.37. The summed E-state index contributed by atoms with van der Waals surface area (Å²) >= 11 is 1.36. The number of hydrogen-bond donors (Lipinski definition) is 1. The number of halogens is 1. The Balaban J connectivity index is 2.46. The molecule has 0 heterocycles. The molecule has 3 heteroatoms. The summed E-state index contributed by atoms with van der Waals surface area (Å²) in [4.78, 5) is 0.592. The first kappa shape index (κ1) is 9.99. The number of aliphatic hydroxyl groups is 1. The van der Waals surface area contributed by atoms with Gasteiger partial charge in [-0.3, -0.25) is 0 Å². The third kappa shape index (κ3) is 1.44. The molecular weight excluding hydrogens is 199 g/mol. The van der Waals surface area contributed by atoms with Crippen LogP contribution in [0.25, 0.3) is 0 Å². The Labute approximate surface area is 87.3 Å². The molecule has 1 aromatic rings. The van der Waals surface area contributed by atoms with Crippen LogP contribution in [0.4, 0.5) is 4.39 Å². The summed E-state index contributed by atoms with van der Waals surface area (Å²) in [5.41, 5.74) is -0.00303. The van der Waals surface area contributed by atoms with Gasteiger partial charge >= 0.3 is 0 Å². The van der Waals surface area contributed by atoms with Crippen LogP contribution in [0, 0.1) is 5.82 Å². The average molecular weight is 212 g/mol. The Bertz CT molecular complexity index is 347. The monoisotopic (exact) mass is 212 g/mol. The van der Waals surface area contributed by atoms with E-state index in [0.717, 1.165) is 24.8 Å². The van der Waals surface area contributed by atoms with Crippen molar-refractivity contribution in [3.8, 4) is 0 Å². The number of rotatable bonds is 2. The highest BCUT2D eigenvalue weighted by atomic mass is 32.2. The lowest BCUT2D eigenvalue weighted by atomic mass is 9.75. The molecule has 2 rings (SSSR count). The fourth-order valence-corrected chi connectivity index (χ4v) is 2.60. The second-order valence-electron chi connectivity index (χ2n) is 3.71. The maximum atomic E-state index is 13.4. The molecular formula is C11H13FOS. The molecule has 1 nitrogen and oxygen atoms in total.